The minimum Gasteiger partial charge on any atom is -0.370 e. The second-order valence-corrected chi connectivity index (χ2v) is 9.28. The third-order valence-corrected chi connectivity index (χ3v) is 7.07. The van der Waals surface area contributed by atoms with Crippen LogP contribution in [-0.2, 0) is 20.0 Å². The van der Waals surface area contributed by atoms with Gasteiger partial charge in [-0.1, -0.05) is 75.8 Å². The van der Waals surface area contributed by atoms with Crippen molar-refractivity contribution in [2.45, 2.75) is 109 Å². The van der Waals surface area contributed by atoms with E-state index in [4.69, 9.17) is 14.2 Å². The van der Waals surface area contributed by atoms with E-state index < -0.39 is 5.79 Å². The highest BCUT2D eigenvalue weighted by molar-refractivity contribution is 5.21. The number of benzene rings is 1. The fourth-order valence-electron chi connectivity index (χ4n) is 5.52. The van der Waals surface area contributed by atoms with Gasteiger partial charge in [0.25, 0.3) is 0 Å². The van der Waals surface area contributed by atoms with E-state index in [1.807, 2.05) is 0 Å². The van der Waals surface area contributed by atoms with Crippen LogP contribution in [0.15, 0.2) is 30.3 Å². The molecule has 170 valence electrons. The molecule has 1 aliphatic carbocycles. The maximum absolute atomic E-state index is 6.54. The van der Waals surface area contributed by atoms with Gasteiger partial charge >= 0.3 is 0 Å². The predicted octanol–water partition coefficient (Wildman–Crippen LogP) is 7.24. The SMILES string of the molecule is CCCCCCCCC(CC1CCC2OC2C1)C(OCC)(OCC)c1ccccc1. The Kier molecular flexibility index (Phi) is 9.67. The predicted molar refractivity (Wildman–Crippen MR) is 123 cm³/mol. The lowest BCUT2D eigenvalue weighted by molar-refractivity contribution is -0.278. The molecule has 1 heterocycles. The van der Waals surface area contributed by atoms with Crippen LogP contribution in [0, 0.1) is 11.8 Å². The molecule has 3 rings (SSSR count). The van der Waals surface area contributed by atoms with Gasteiger partial charge in [0.1, 0.15) is 0 Å². The first kappa shape index (κ1) is 23.8. The highest BCUT2D eigenvalue weighted by atomic mass is 16.7. The topological polar surface area (TPSA) is 31.0 Å². The summed E-state index contributed by atoms with van der Waals surface area (Å²) in [5, 5.41) is 0. The van der Waals surface area contributed by atoms with E-state index in [-0.39, 0.29) is 0 Å². The van der Waals surface area contributed by atoms with Gasteiger partial charge in [0.15, 0.2) is 5.79 Å². The Morgan fingerprint density at radius 1 is 0.900 bits per heavy atom. The van der Waals surface area contributed by atoms with Crippen LogP contribution in [0.3, 0.4) is 0 Å². The first-order valence-corrected chi connectivity index (χ1v) is 12.7. The van der Waals surface area contributed by atoms with E-state index in [0.717, 1.165) is 5.92 Å². The lowest BCUT2D eigenvalue weighted by atomic mass is 9.76. The fraction of sp³-hybridized carbons (Fsp3) is 0.778. The van der Waals surface area contributed by atoms with Gasteiger partial charge in [-0.3, -0.25) is 0 Å². The Morgan fingerprint density at radius 3 is 2.27 bits per heavy atom. The molecule has 4 unspecified atom stereocenters. The minimum atomic E-state index is -0.630. The molecule has 0 aromatic heterocycles. The number of epoxide rings is 1. The molecule has 1 saturated carbocycles. The number of hydrogen-bond acceptors (Lipinski definition) is 3. The number of hydrogen-bond donors (Lipinski definition) is 0. The van der Waals surface area contributed by atoms with Crippen molar-refractivity contribution in [3.8, 4) is 0 Å². The van der Waals surface area contributed by atoms with E-state index >= 15 is 0 Å². The molecular formula is C27H44O3. The third-order valence-electron chi connectivity index (χ3n) is 7.07. The maximum atomic E-state index is 6.54. The van der Waals surface area contributed by atoms with E-state index in [9.17, 15) is 0 Å². The Hall–Kier alpha value is -0.900. The van der Waals surface area contributed by atoms with Crippen LogP contribution in [0.25, 0.3) is 0 Å². The first-order chi connectivity index (χ1) is 14.7. The Balaban J connectivity index is 1.75. The van der Waals surface area contributed by atoms with Gasteiger partial charge in [-0.05, 0) is 51.9 Å². The average molecular weight is 417 g/mol. The molecular weight excluding hydrogens is 372 g/mol. The third kappa shape index (κ3) is 6.31. The zero-order valence-corrected chi connectivity index (χ0v) is 19.6. The standard InChI is InChI=1S/C27H44O3/c1-4-7-8-9-10-12-17-24(20-22-18-19-25-26(21-22)30-25)27(28-5-2,29-6-3)23-15-13-11-14-16-23/h11,13-16,22,24-26H,4-10,12,17-21H2,1-3H3. The van der Waals surface area contributed by atoms with Crippen LogP contribution in [0.1, 0.15) is 97.0 Å². The summed E-state index contributed by atoms with van der Waals surface area (Å²) in [7, 11) is 0. The zero-order valence-electron chi connectivity index (χ0n) is 19.6. The van der Waals surface area contributed by atoms with Gasteiger partial charge in [0.05, 0.1) is 12.2 Å². The van der Waals surface area contributed by atoms with Gasteiger partial charge < -0.3 is 14.2 Å². The van der Waals surface area contributed by atoms with Crippen molar-refractivity contribution in [3.05, 3.63) is 35.9 Å². The molecule has 0 spiro atoms. The number of unbranched alkanes of at least 4 members (excludes halogenated alkanes) is 5. The minimum absolute atomic E-state index is 0.381. The van der Waals surface area contributed by atoms with Crippen molar-refractivity contribution in [2.75, 3.05) is 13.2 Å². The van der Waals surface area contributed by atoms with Gasteiger partial charge in [-0.2, -0.15) is 0 Å². The molecule has 0 bridgehead atoms. The molecule has 3 nitrogen and oxygen atoms in total. The smallest absolute Gasteiger partial charge is 0.197 e. The van der Waals surface area contributed by atoms with E-state index in [1.165, 1.54) is 76.2 Å². The van der Waals surface area contributed by atoms with Crippen molar-refractivity contribution in [3.63, 3.8) is 0 Å². The van der Waals surface area contributed by atoms with Gasteiger partial charge in [0, 0.05) is 24.7 Å². The molecule has 2 aliphatic rings. The summed E-state index contributed by atoms with van der Waals surface area (Å²) >= 11 is 0. The maximum Gasteiger partial charge on any atom is 0.197 e. The lowest BCUT2D eigenvalue weighted by Crippen LogP contribution is -2.42. The monoisotopic (exact) mass is 416 g/mol. The quantitative estimate of drug-likeness (QED) is 0.171. The highest BCUT2D eigenvalue weighted by Crippen LogP contribution is 2.47. The molecule has 1 aromatic carbocycles. The second kappa shape index (κ2) is 12.2. The van der Waals surface area contributed by atoms with Gasteiger partial charge in [-0.15, -0.1) is 0 Å². The first-order valence-electron chi connectivity index (χ1n) is 12.7. The van der Waals surface area contributed by atoms with Gasteiger partial charge in [-0.25, -0.2) is 0 Å². The molecule has 30 heavy (non-hydrogen) atoms. The Morgan fingerprint density at radius 2 is 1.60 bits per heavy atom. The van der Waals surface area contributed by atoms with E-state index in [2.05, 4.69) is 51.1 Å². The largest absolute Gasteiger partial charge is 0.370 e. The Labute approximate surface area is 184 Å². The summed E-state index contributed by atoms with van der Waals surface area (Å²) in [5.74, 6) is 0.476. The molecule has 0 amide bonds. The van der Waals surface area contributed by atoms with E-state index in [1.54, 1.807) is 0 Å². The summed E-state index contributed by atoms with van der Waals surface area (Å²) in [4.78, 5) is 0. The number of fused-ring (bicyclic) bond motifs is 1. The van der Waals surface area contributed by atoms with Crippen LogP contribution in [0.2, 0.25) is 0 Å². The van der Waals surface area contributed by atoms with Crippen LogP contribution in [0.4, 0.5) is 0 Å². The number of ether oxygens (including phenoxy) is 3. The molecule has 0 N–H and O–H groups in total. The highest BCUT2D eigenvalue weighted by Gasteiger charge is 2.47. The van der Waals surface area contributed by atoms with Crippen molar-refractivity contribution in [2.24, 2.45) is 11.8 Å². The number of rotatable bonds is 15. The van der Waals surface area contributed by atoms with Gasteiger partial charge in [0.2, 0.25) is 0 Å². The van der Waals surface area contributed by atoms with Crippen LogP contribution < -0.4 is 0 Å². The van der Waals surface area contributed by atoms with Crippen molar-refractivity contribution in [1.29, 1.82) is 0 Å². The molecule has 1 saturated heterocycles. The summed E-state index contributed by atoms with van der Waals surface area (Å²) in [6.45, 7) is 7.82. The second-order valence-electron chi connectivity index (χ2n) is 9.28. The normalized spacial score (nSPS) is 24.4. The lowest BCUT2D eigenvalue weighted by Gasteiger charge is -2.42. The van der Waals surface area contributed by atoms with Crippen molar-refractivity contribution in [1.82, 2.24) is 0 Å². The Bertz CT molecular complexity index is 581. The van der Waals surface area contributed by atoms with Crippen molar-refractivity contribution < 1.29 is 14.2 Å². The molecule has 0 radical (unpaired) electrons. The zero-order chi connectivity index (χ0) is 21.2. The molecule has 4 atom stereocenters. The van der Waals surface area contributed by atoms with Crippen molar-refractivity contribution >= 4 is 0 Å². The molecule has 1 aromatic rings. The molecule has 3 heteroatoms. The fourth-order valence-corrected chi connectivity index (χ4v) is 5.52. The summed E-state index contributed by atoms with van der Waals surface area (Å²) in [6, 6.07) is 10.7. The van der Waals surface area contributed by atoms with Crippen LogP contribution in [0.5, 0.6) is 0 Å². The van der Waals surface area contributed by atoms with E-state index in [0.29, 0.717) is 31.3 Å². The van der Waals surface area contributed by atoms with Crippen LogP contribution >= 0.6 is 0 Å². The molecule has 2 fully saturated rings. The summed E-state index contributed by atoms with van der Waals surface area (Å²) in [6.07, 6.45) is 15.2. The molecule has 1 aliphatic heterocycles. The van der Waals surface area contributed by atoms with Crippen LogP contribution in [-0.4, -0.2) is 25.4 Å². The summed E-state index contributed by atoms with van der Waals surface area (Å²) in [5.41, 5.74) is 1.18. The summed E-state index contributed by atoms with van der Waals surface area (Å²) < 4.78 is 18.9. The average Bonchev–Trinajstić information content (AvgIpc) is 3.54.